The van der Waals surface area contributed by atoms with Crippen molar-refractivity contribution in [2.45, 2.75) is 26.0 Å². The molecule has 1 saturated heterocycles. The SMILES string of the molecule is C[C@@H]1CN([C@H](C)CO)C(=O)c2cc(/C=C/c3ccccc3)cnc2O[C@H]1CN(C)C(=O)CN1CCOCC1. The third-order valence-electron chi connectivity index (χ3n) is 7.15. The number of carbonyl (C=O) groups is 2. The van der Waals surface area contributed by atoms with Gasteiger partial charge in [-0.25, -0.2) is 4.98 Å². The van der Waals surface area contributed by atoms with E-state index in [0.717, 1.165) is 24.2 Å². The van der Waals surface area contributed by atoms with Gasteiger partial charge in [-0.2, -0.15) is 0 Å². The van der Waals surface area contributed by atoms with Crippen LogP contribution in [0.3, 0.4) is 0 Å². The Hall–Kier alpha value is -3.27. The average molecular weight is 523 g/mol. The summed E-state index contributed by atoms with van der Waals surface area (Å²) in [6.45, 7) is 7.50. The number of ether oxygens (including phenoxy) is 2. The Morgan fingerprint density at radius 3 is 2.63 bits per heavy atom. The molecular weight excluding hydrogens is 484 g/mol. The molecule has 0 unspecified atom stereocenters. The first-order valence-electron chi connectivity index (χ1n) is 13.2. The van der Waals surface area contributed by atoms with Crippen LogP contribution < -0.4 is 4.74 Å². The molecule has 2 amide bonds. The lowest BCUT2D eigenvalue weighted by Crippen LogP contribution is -2.51. The van der Waals surface area contributed by atoms with Crippen molar-refractivity contribution in [1.82, 2.24) is 19.7 Å². The number of aliphatic hydroxyl groups excluding tert-OH is 1. The number of amides is 2. The highest BCUT2D eigenvalue weighted by molar-refractivity contribution is 5.97. The molecule has 2 aromatic rings. The van der Waals surface area contributed by atoms with E-state index in [1.165, 1.54) is 0 Å². The maximum atomic E-state index is 13.6. The first kappa shape index (κ1) is 27.8. The molecule has 1 N–H and O–H groups in total. The second-order valence-corrected chi connectivity index (χ2v) is 10.2. The second kappa shape index (κ2) is 13.0. The molecule has 0 bridgehead atoms. The van der Waals surface area contributed by atoms with Gasteiger partial charge in [-0.05, 0) is 24.1 Å². The normalized spacial score (nSPS) is 21.4. The lowest BCUT2D eigenvalue weighted by Gasteiger charge is -2.38. The van der Waals surface area contributed by atoms with Gasteiger partial charge in [0.05, 0.1) is 39.0 Å². The Morgan fingerprint density at radius 1 is 1.21 bits per heavy atom. The van der Waals surface area contributed by atoms with Crippen LogP contribution in [0.5, 0.6) is 5.88 Å². The van der Waals surface area contributed by atoms with E-state index >= 15 is 0 Å². The van der Waals surface area contributed by atoms with Gasteiger partial charge in [0.25, 0.3) is 5.91 Å². The molecule has 204 valence electrons. The van der Waals surface area contributed by atoms with Crippen LogP contribution in [0.2, 0.25) is 0 Å². The summed E-state index contributed by atoms with van der Waals surface area (Å²) in [5, 5.41) is 9.89. The zero-order chi connectivity index (χ0) is 27.1. The quantitative estimate of drug-likeness (QED) is 0.568. The molecule has 2 aliphatic rings. The topological polar surface area (TPSA) is 95.4 Å². The van der Waals surface area contributed by atoms with Gasteiger partial charge in [0.2, 0.25) is 11.8 Å². The van der Waals surface area contributed by atoms with Crippen LogP contribution >= 0.6 is 0 Å². The van der Waals surface area contributed by atoms with Crippen molar-refractivity contribution in [3.05, 3.63) is 59.3 Å². The smallest absolute Gasteiger partial charge is 0.259 e. The Balaban J connectivity index is 1.56. The third-order valence-corrected chi connectivity index (χ3v) is 7.15. The van der Waals surface area contributed by atoms with Gasteiger partial charge in [-0.1, -0.05) is 49.4 Å². The van der Waals surface area contributed by atoms with Crippen molar-refractivity contribution in [1.29, 1.82) is 0 Å². The van der Waals surface area contributed by atoms with Gasteiger partial charge >= 0.3 is 0 Å². The fourth-order valence-corrected chi connectivity index (χ4v) is 4.63. The van der Waals surface area contributed by atoms with Crippen molar-refractivity contribution in [3.63, 3.8) is 0 Å². The van der Waals surface area contributed by atoms with E-state index in [9.17, 15) is 14.7 Å². The minimum atomic E-state index is -0.382. The summed E-state index contributed by atoms with van der Waals surface area (Å²) >= 11 is 0. The minimum absolute atomic E-state index is 0.0102. The van der Waals surface area contributed by atoms with Crippen molar-refractivity contribution in [3.8, 4) is 5.88 Å². The maximum absolute atomic E-state index is 13.6. The highest BCUT2D eigenvalue weighted by Crippen LogP contribution is 2.28. The number of hydrogen-bond donors (Lipinski definition) is 1. The average Bonchev–Trinajstić information content (AvgIpc) is 2.94. The number of carbonyl (C=O) groups excluding carboxylic acids is 2. The van der Waals surface area contributed by atoms with Crippen LogP contribution in [-0.4, -0.2) is 108 Å². The van der Waals surface area contributed by atoms with E-state index in [-0.39, 0.29) is 42.4 Å². The van der Waals surface area contributed by atoms with Crippen LogP contribution in [0.1, 0.15) is 35.3 Å². The van der Waals surface area contributed by atoms with E-state index in [2.05, 4.69) is 9.88 Å². The zero-order valence-electron chi connectivity index (χ0n) is 22.5. The molecule has 9 heteroatoms. The number of benzene rings is 1. The van der Waals surface area contributed by atoms with Crippen LogP contribution in [0.25, 0.3) is 12.2 Å². The molecule has 38 heavy (non-hydrogen) atoms. The largest absolute Gasteiger partial charge is 0.472 e. The summed E-state index contributed by atoms with van der Waals surface area (Å²) in [6.07, 6.45) is 5.17. The fourth-order valence-electron chi connectivity index (χ4n) is 4.63. The summed E-state index contributed by atoms with van der Waals surface area (Å²) in [4.78, 5) is 36.6. The highest BCUT2D eigenvalue weighted by atomic mass is 16.5. The number of pyridine rings is 1. The number of rotatable bonds is 8. The summed E-state index contributed by atoms with van der Waals surface area (Å²) in [6, 6.07) is 11.3. The number of fused-ring (bicyclic) bond motifs is 1. The maximum Gasteiger partial charge on any atom is 0.259 e. The van der Waals surface area contributed by atoms with E-state index in [1.54, 1.807) is 29.1 Å². The lowest BCUT2D eigenvalue weighted by molar-refractivity contribution is -0.133. The van der Waals surface area contributed by atoms with E-state index < -0.39 is 0 Å². The van der Waals surface area contributed by atoms with Gasteiger partial charge in [0.1, 0.15) is 11.7 Å². The van der Waals surface area contributed by atoms with Gasteiger partial charge in [-0.3, -0.25) is 14.5 Å². The third kappa shape index (κ3) is 6.98. The van der Waals surface area contributed by atoms with Gasteiger partial charge in [-0.15, -0.1) is 0 Å². The van der Waals surface area contributed by atoms with E-state index in [4.69, 9.17) is 9.47 Å². The molecule has 0 radical (unpaired) electrons. The standard InChI is InChI=1S/C29H38N4O5/c1-21-17-33(22(2)20-34)29(36)25-15-24(10-9-23-7-5-4-6-8-23)16-30-28(25)38-26(21)18-31(3)27(35)19-32-11-13-37-14-12-32/h4-10,15-16,21-22,26,34H,11-14,17-20H2,1-3H3/b10-9+/t21-,22-,26+/m1/s1. The monoisotopic (exact) mass is 522 g/mol. The summed E-state index contributed by atoms with van der Waals surface area (Å²) < 4.78 is 11.7. The summed E-state index contributed by atoms with van der Waals surface area (Å²) in [5.74, 6) is -0.0752. The van der Waals surface area contributed by atoms with E-state index in [0.29, 0.717) is 38.4 Å². The molecular formula is C29H38N4O5. The predicted octanol–water partition coefficient (Wildman–Crippen LogP) is 2.26. The molecule has 1 aromatic heterocycles. The van der Waals surface area contributed by atoms with Gasteiger partial charge in [0.15, 0.2) is 0 Å². The molecule has 9 nitrogen and oxygen atoms in total. The number of morpholine rings is 1. The predicted molar refractivity (Wildman–Crippen MR) is 146 cm³/mol. The number of aromatic nitrogens is 1. The molecule has 0 aliphatic carbocycles. The Bertz CT molecular complexity index is 1120. The zero-order valence-corrected chi connectivity index (χ0v) is 22.5. The molecule has 3 atom stereocenters. The molecule has 2 aliphatic heterocycles. The van der Waals surface area contributed by atoms with Crippen molar-refractivity contribution >= 4 is 24.0 Å². The van der Waals surface area contributed by atoms with Gasteiger partial charge < -0.3 is 24.4 Å². The molecule has 1 aromatic carbocycles. The van der Waals surface area contributed by atoms with Gasteiger partial charge in [0, 0.05) is 38.8 Å². The molecule has 1 fully saturated rings. The first-order chi connectivity index (χ1) is 18.4. The highest BCUT2D eigenvalue weighted by Gasteiger charge is 2.34. The molecule has 3 heterocycles. The fraction of sp³-hybridized carbons (Fsp3) is 0.483. The Kier molecular flexibility index (Phi) is 9.49. The summed E-state index contributed by atoms with van der Waals surface area (Å²) in [5.41, 5.74) is 2.15. The number of likely N-dealkylation sites (N-methyl/N-ethyl adjacent to an activating group) is 1. The number of aliphatic hydroxyl groups is 1. The minimum Gasteiger partial charge on any atom is -0.472 e. The molecule has 0 spiro atoms. The van der Waals surface area contributed by atoms with Crippen molar-refractivity contribution in [2.75, 3.05) is 59.6 Å². The van der Waals surface area contributed by atoms with E-state index in [1.807, 2.05) is 56.3 Å². The Labute approximate surface area is 224 Å². The molecule has 0 saturated carbocycles. The Morgan fingerprint density at radius 2 is 1.92 bits per heavy atom. The van der Waals surface area contributed by atoms with Crippen LogP contribution in [-0.2, 0) is 9.53 Å². The lowest BCUT2D eigenvalue weighted by atomic mass is 9.99. The van der Waals surface area contributed by atoms with Crippen molar-refractivity contribution in [2.24, 2.45) is 5.92 Å². The van der Waals surface area contributed by atoms with Crippen LogP contribution in [0, 0.1) is 5.92 Å². The summed E-state index contributed by atoms with van der Waals surface area (Å²) in [7, 11) is 1.78. The van der Waals surface area contributed by atoms with Crippen LogP contribution in [0.15, 0.2) is 42.6 Å². The first-order valence-corrected chi connectivity index (χ1v) is 13.2. The van der Waals surface area contributed by atoms with Crippen LogP contribution in [0.4, 0.5) is 0 Å². The second-order valence-electron chi connectivity index (χ2n) is 10.2. The number of hydrogen-bond acceptors (Lipinski definition) is 7. The number of nitrogens with zero attached hydrogens (tertiary/aromatic N) is 4. The van der Waals surface area contributed by atoms with Crippen molar-refractivity contribution < 1.29 is 24.2 Å². The molecule has 4 rings (SSSR count).